The highest BCUT2D eigenvalue weighted by Crippen LogP contribution is 2.33. The Morgan fingerprint density at radius 3 is 2.92 bits per heavy atom. The normalized spacial score (nSPS) is 24.2. The first-order chi connectivity index (χ1) is 11.6. The van der Waals surface area contributed by atoms with Crippen molar-refractivity contribution in [1.29, 1.82) is 0 Å². The van der Waals surface area contributed by atoms with Crippen LogP contribution in [0.4, 0.5) is 0 Å². The third-order valence-electron chi connectivity index (χ3n) is 5.08. The topological polar surface area (TPSA) is 65.7 Å². The summed E-state index contributed by atoms with van der Waals surface area (Å²) >= 11 is 0. The number of carbonyl (C=O) groups is 1. The van der Waals surface area contributed by atoms with Crippen LogP contribution < -0.4 is 0 Å². The van der Waals surface area contributed by atoms with E-state index in [1.54, 1.807) is 6.92 Å². The SMILES string of the molecule is COC(=O)C1(C)CC(c2ccc3cnn(C4CCCC4)c3c2)=NO1. The van der Waals surface area contributed by atoms with E-state index in [2.05, 4.69) is 27.1 Å². The van der Waals surface area contributed by atoms with Crippen molar-refractivity contribution in [2.24, 2.45) is 5.16 Å². The molecule has 1 unspecified atom stereocenters. The number of ether oxygens (including phenoxy) is 1. The van der Waals surface area contributed by atoms with E-state index in [0.717, 1.165) is 22.2 Å². The molecular formula is C18H21N3O3. The van der Waals surface area contributed by atoms with Crippen LogP contribution in [0.15, 0.2) is 29.6 Å². The van der Waals surface area contributed by atoms with Crippen molar-refractivity contribution in [3.8, 4) is 0 Å². The van der Waals surface area contributed by atoms with E-state index >= 15 is 0 Å². The van der Waals surface area contributed by atoms with Crippen molar-refractivity contribution >= 4 is 22.6 Å². The number of methoxy groups -OCH3 is 1. The van der Waals surface area contributed by atoms with Crippen LogP contribution in [0.2, 0.25) is 0 Å². The lowest BCUT2D eigenvalue weighted by Crippen LogP contribution is -2.36. The minimum Gasteiger partial charge on any atom is -0.466 e. The van der Waals surface area contributed by atoms with Gasteiger partial charge in [0.05, 0.1) is 30.6 Å². The van der Waals surface area contributed by atoms with E-state index in [-0.39, 0.29) is 0 Å². The molecule has 0 saturated heterocycles. The first kappa shape index (κ1) is 15.2. The van der Waals surface area contributed by atoms with Crippen molar-refractivity contribution in [3.05, 3.63) is 30.0 Å². The zero-order chi connectivity index (χ0) is 16.7. The number of nitrogens with zero attached hydrogens (tertiary/aromatic N) is 3. The summed E-state index contributed by atoms with van der Waals surface area (Å²) in [5.41, 5.74) is 1.82. The molecule has 4 rings (SSSR count). The molecule has 126 valence electrons. The van der Waals surface area contributed by atoms with Crippen LogP contribution in [-0.4, -0.2) is 34.2 Å². The van der Waals surface area contributed by atoms with Gasteiger partial charge in [-0.3, -0.25) is 4.68 Å². The maximum Gasteiger partial charge on any atom is 0.353 e. The number of benzene rings is 1. The highest BCUT2D eigenvalue weighted by molar-refractivity contribution is 6.06. The highest BCUT2D eigenvalue weighted by atomic mass is 16.7. The van der Waals surface area contributed by atoms with Gasteiger partial charge in [-0.15, -0.1) is 0 Å². The van der Waals surface area contributed by atoms with Crippen molar-refractivity contribution < 1.29 is 14.4 Å². The van der Waals surface area contributed by atoms with E-state index in [1.807, 2.05) is 12.3 Å². The Kier molecular flexibility index (Phi) is 3.55. The van der Waals surface area contributed by atoms with Crippen LogP contribution in [-0.2, 0) is 14.4 Å². The summed E-state index contributed by atoms with van der Waals surface area (Å²) < 4.78 is 6.95. The van der Waals surface area contributed by atoms with Crippen molar-refractivity contribution in [2.45, 2.75) is 50.7 Å². The lowest BCUT2D eigenvalue weighted by molar-refractivity contribution is -0.164. The van der Waals surface area contributed by atoms with E-state index in [4.69, 9.17) is 9.57 Å². The monoisotopic (exact) mass is 327 g/mol. The fourth-order valence-electron chi connectivity index (χ4n) is 3.68. The number of aromatic nitrogens is 2. The zero-order valence-electron chi connectivity index (χ0n) is 14.0. The van der Waals surface area contributed by atoms with E-state index in [9.17, 15) is 4.79 Å². The van der Waals surface area contributed by atoms with Crippen LogP contribution in [0.3, 0.4) is 0 Å². The molecule has 0 bridgehead atoms. The van der Waals surface area contributed by atoms with Crippen LogP contribution in [0, 0.1) is 0 Å². The zero-order valence-corrected chi connectivity index (χ0v) is 14.0. The maximum absolute atomic E-state index is 11.9. The summed E-state index contributed by atoms with van der Waals surface area (Å²) in [6, 6.07) is 6.65. The summed E-state index contributed by atoms with van der Waals surface area (Å²) in [6.07, 6.45) is 7.23. The molecule has 0 spiro atoms. The van der Waals surface area contributed by atoms with Crippen LogP contribution >= 0.6 is 0 Å². The van der Waals surface area contributed by atoms with Gasteiger partial charge in [0.2, 0.25) is 5.60 Å². The molecule has 24 heavy (non-hydrogen) atoms. The second-order valence-corrected chi connectivity index (χ2v) is 6.83. The van der Waals surface area contributed by atoms with Crippen molar-refractivity contribution in [2.75, 3.05) is 7.11 Å². The quantitative estimate of drug-likeness (QED) is 0.812. The maximum atomic E-state index is 11.9. The standard InChI is InChI=1S/C18H21N3O3/c1-18(17(22)23-2)10-15(20-24-18)12-7-8-13-11-19-21(16(13)9-12)14-5-3-4-6-14/h7-9,11,14H,3-6,10H2,1-2H3. The first-order valence-electron chi connectivity index (χ1n) is 8.42. The molecule has 2 aliphatic rings. The summed E-state index contributed by atoms with van der Waals surface area (Å²) in [6.45, 7) is 1.71. The summed E-state index contributed by atoms with van der Waals surface area (Å²) in [5.74, 6) is -0.404. The minimum atomic E-state index is -1.04. The Morgan fingerprint density at radius 1 is 1.38 bits per heavy atom. The van der Waals surface area contributed by atoms with Gasteiger partial charge in [0, 0.05) is 17.4 Å². The predicted octanol–water partition coefficient (Wildman–Crippen LogP) is 3.21. The highest BCUT2D eigenvalue weighted by Gasteiger charge is 2.43. The molecule has 0 amide bonds. The van der Waals surface area contributed by atoms with Gasteiger partial charge < -0.3 is 9.57 Å². The molecule has 2 heterocycles. The Hall–Kier alpha value is -2.37. The summed E-state index contributed by atoms with van der Waals surface area (Å²) in [5, 5.41) is 9.85. The summed E-state index contributed by atoms with van der Waals surface area (Å²) in [4.78, 5) is 17.3. The smallest absolute Gasteiger partial charge is 0.353 e. The molecule has 1 saturated carbocycles. The molecule has 1 aromatic heterocycles. The van der Waals surface area contributed by atoms with Crippen LogP contribution in [0.25, 0.3) is 10.9 Å². The number of esters is 1. The van der Waals surface area contributed by atoms with Crippen molar-refractivity contribution in [3.63, 3.8) is 0 Å². The van der Waals surface area contributed by atoms with Gasteiger partial charge in [-0.1, -0.05) is 30.1 Å². The predicted molar refractivity (Wildman–Crippen MR) is 89.9 cm³/mol. The fourth-order valence-corrected chi connectivity index (χ4v) is 3.68. The third kappa shape index (κ3) is 2.37. The second kappa shape index (κ2) is 5.61. The van der Waals surface area contributed by atoms with Crippen molar-refractivity contribution in [1.82, 2.24) is 9.78 Å². The van der Waals surface area contributed by atoms with Gasteiger partial charge in [-0.2, -0.15) is 5.10 Å². The van der Waals surface area contributed by atoms with E-state index in [0.29, 0.717) is 12.5 Å². The number of hydrogen-bond acceptors (Lipinski definition) is 5. The molecule has 1 atom stereocenters. The molecule has 0 N–H and O–H groups in total. The molecule has 1 aliphatic heterocycles. The van der Waals surface area contributed by atoms with Gasteiger partial charge in [0.1, 0.15) is 0 Å². The Balaban J connectivity index is 1.66. The van der Waals surface area contributed by atoms with E-state index in [1.165, 1.54) is 32.8 Å². The van der Waals surface area contributed by atoms with Gasteiger partial charge in [-0.25, -0.2) is 4.79 Å². The molecule has 1 fully saturated rings. The van der Waals surface area contributed by atoms with E-state index < -0.39 is 11.6 Å². The number of fused-ring (bicyclic) bond motifs is 1. The van der Waals surface area contributed by atoms with Gasteiger partial charge in [-0.05, 0) is 25.8 Å². The van der Waals surface area contributed by atoms with Gasteiger partial charge >= 0.3 is 5.97 Å². The largest absolute Gasteiger partial charge is 0.466 e. The lowest BCUT2D eigenvalue weighted by atomic mass is 9.95. The number of carbonyl (C=O) groups excluding carboxylic acids is 1. The lowest BCUT2D eigenvalue weighted by Gasteiger charge is -2.17. The second-order valence-electron chi connectivity index (χ2n) is 6.83. The summed E-state index contributed by atoms with van der Waals surface area (Å²) in [7, 11) is 1.36. The van der Waals surface area contributed by atoms with Gasteiger partial charge in [0.15, 0.2) is 0 Å². The number of oxime groups is 1. The molecule has 1 aromatic carbocycles. The fraction of sp³-hybridized carbons (Fsp3) is 0.500. The number of rotatable bonds is 3. The molecule has 6 nitrogen and oxygen atoms in total. The Labute approximate surface area is 140 Å². The molecular weight excluding hydrogens is 306 g/mol. The Bertz CT molecular complexity index is 820. The van der Waals surface area contributed by atoms with Crippen LogP contribution in [0.1, 0.15) is 50.6 Å². The average molecular weight is 327 g/mol. The third-order valence-corrected chi connectivity index (χ3v) is 5.08. The first-order valence-corrected chi connectivity index (χ1v) is 8.42. The average Bonchev–Trinajstić information content (AvgIpc) is 3.32. The molecule has 0 radical (unpaired) electrons. The van der Waals surface area contributed by atoms with Crippen LogP contribution in [0.5, 0.6) is 0 Å². The van der Waals surface area contributed by atoms with Gasteiger partial charge in [0.25, 0.3) is 0 Å². The molecule has 2 aromatic rings. The Morgan fingerprint density at radius 2 is 2.17 bits per heavy atom. The molecule has 6 heteroatoms. The minimum absolute atomic E-state index is 0.404. The number of hydrogen-bond donors (Lipinski definition) is 0. The molecule has 1 aliphatic carbocycles.